The maximum absolute atomic E-state index is 6.20. The van der Waals surface area contributed by atoms with Crippen LogP contribution in [0.3, 0.4) is 0 Å². The van der Waals surface area contributed by atoms with Gasteiger partial charge in [0.25, 0.3) is 0 Å². The number of halogens is 1. The van der Waals surface area contributed by atoms with E-state index in [1.54, 1.807) is 7.11 Å². The van der Waals surface area contributed by atoms with Crippen LogP contribution in [0.4, 0.5) is 5.69 Å². The molecule has 2 aromatic carbocycles. The number of hydrogen-bond donors (Lipinski definition) is 1. The average molecular weight is 274 g/mol. The van der Waals surface area contributed by atoms with Crippen molar-refractivity contribution in [1.82, 2.24) is 0 Å². The van der Waals surface area contributed by atoms with Crippen LogP contribution in [0.5, 0.6) is 5.75 Å². The van der Waals surface area contributed by atoms with Gasteiger partial charge in [-0.05, 0) is 48.2 Å². The molecule has 0 saturated heterocycles. The van der Waals surface area contributed by atoms with Gasteiger partial charge in [-0.2, -0.15) is 0 Å². The predicted octanol–water partition coefficient (Wildman–Crippen LogP) is 4.45. The molecule has 0 radical (unpaired) electrons. The van der Waals surface area contributed by atoms with Gasteiger partial charge in [-0.1, -0.05) is 29.8 Å². The maximum Gasteiger partial charge on any atom is 0.119 e. The minimum Gasteiger partial charge on any atom is -0.497 e. The number of hydrogen-bond acceptors (Lipinski definition) is 2. The number of nitrogens with one attached hydrogen (secondary N) is 1. The highest BCUT2D eigenvalue weighted by atomic mass is 35.5. The lowest BCUT2D eigenvalue weighted by molar-refractivity contribution is 0.414. The first-order valence-electron chi connectivity index (χ1n) is 6.46. The fraction of sp³-hybridized carbons (Fsp3) is 0.250. The third-order valence-electron chi connectivity index (χ3n) is 3.63. The zero-order chi connectivity index (χ0) is 13.2. The summed E-state index contributed by atoms with van der Waals surface area (Å²) in [5.41, 5.74) is 3.70. The maximum atomic E-state index is 6.20. The summed E-state index contributed by atoms with van der Waals surface area (Å²) in [5, 5.41) is 4.29. The normalized spacial score (nSPS) is 17.1. The van der Waals surface area contributed by atoms with Crippen LogP contribution in [-0.2, 0) is 6.42 Å². The molecule has 0 bridgehead atoms. The van der Waals surface area contributed by atoms with E-state index in [0.29, 0.717) is 6.04 Å². The fourth-order valence-electron chi connectivity index (χ4n) is 2.62. The zero-order valence-corrected chi connectivity index (χ0v) is 11.6. The van der Waals surface area contributed by atoms with Crippen LogP contribution in [-0.4, -0.2) is 7.11 Å². The molecule has 0 aromatic heterocycles. The highest BCUT2D eigenvalue weighted by Gasteiger charge is 2.23. The Hall–Kier alpha value is -1.67. The number of fused-ring (bicyclic) bond motifs is 1. The van der Waals surface area contributed by atoms with Gasteiger partial charge in [-0.15, -0.1) is 0 Å². The lowest BCUT2D eigenvalue weighted by Gasteiger charge is -2.17. The molecule has 3 heteroatoms. The number of methoxy groups -OCH3 is 1. The molecule has 2 nitrogen and oxygen atoms in total. The van der Waals surface area contributed by atoms with E-state index in [1.807, 2.05) is 30.3 Å². The van der Waals surface area contributed by atoms with Crippen LogP contribution >= 0.6 is 11.6 Å². The number of benzene rings is 2. The van der Waals surface area contributed by atoms with E-state index in [4.69, 9.17) is 16.3 Å². The number of rotatable bonds is 3. The van der Waals surface area contributed by atoms with Crippen molar-refractivity contribution in [3.8, 4) is 5.75 Å². The quantitative estimate of drug-likeness (QED) is 0.892. The van der Waals surface area contributed by atoms with E-state index in [1.165, 1.54) is 11.1 Å². The van der Waals surface area contributed by atoms with Gasteiger partial charge in [0.05, 0.1) is 23.9 Å². The van der Waals surface area contributed by atoms with Crippen LogP contribution in [0.2, 0.25) is 5.02 Å². The van der Waals surface area contributed by atoms with Crippen molar-refractivity contribution in [3.63, 3.8) is 0 Å². The van der Waals surface area contributed by atoms with Crippen LogP contribution < -0.4 is 10.1 Å². The summed E-state index contributed by atoms with van der Waals surface area (Å²) in [5.74, 6) is 0.909. The van der Waals surface area contributed by atoms with Crippen molar-refractivity contribution >= 4 is 17.3 Å². The van der Waals surface area contributed by atoms with Crippen molar-refractivity contribution in [1.29, 1.82) is 0 Å². The minimum atomic E-state index is 0.310. The summed E-state index contributed by atoms with van der Waals surface area (Å²) >= 11 is 6.20. The van der Waals surface area contributed by atoms with Gasteiger partial charge in [-0.3, -0.25) is 0 Å². The summed E-state index contributed by atoms with van der Waals surface area (Å²) in [6.45, 7) is 0. The standard InChI is InChI=1S/C16H16ClNO/c1-19-12-8-6-11-7-9-15(13(11)10-12)18-16-5-3-2-4-14(16)17/h2-6,8,10,15,18H,7,9H2,1H3. The average Bonchev–Trinajstić information content (AvgIpc) is 2.84. The second-order valence-corrected chi connectivity index (χ2v) is 5.19. The Labute approximate surface area is 118 Å². The van der Waals surface area contributed by atoms with Gasteiger partial charge >= 0.3 is 0 Å². The molecule has 1 unspecified atom stereocenters. The molecule has 0 amide bonds. The van der Waals surface area contributed by atoms with E-state index < -0.39 is 0 Å². The van der Waals surface area contributed by atoms with Gasteiger partial charge in [0.2, 0.25) is 0 Å². The molecule has 1 aliphatic carbocycles. The van der Waals surface area contributed by atoms with Crippen LogP contribution in [0, 0.1) is 0 Å². The minimum absolute atomic E-state index is 0.310. The second-order valence-electron chi connectivity index (χ2n) is 4.78. The first-order valence-corrected chi connectivity index (χ1v) is 6.83. The van der Waals surface area contributed by atoms with E-state index in [9.17, 15) is 0 Å². The number of ether oxygens (including phenoxy) is 1. The molecule has 1 aliphatic rings. The Bertz CT molecular complexity index is 597. The SMILES string of the molecule is COc1ccc2c(c1)C(Nc1ccccc1Cl)CC2. The molecular formula is C16H16ClNO. The molecule has 19 heavy (non-hydrogen) atoms. The van der Waals surface area contributed by atoms with Gasteiger partial charge in [0.15, 0.2) is 0 Å². The molecular weight excluding hydrogens is 258 g/mol. The van der Waals surface area contributed by atoms with E-state index in [-0.39, 0.29) is 0 Å². The van der Waals surface area contributed by atoms with Crippen LogP contribution in [0.1, 0.15) is 23.6 Å². The number of para-hydroxylation sites is 1. The number of anilines is 1. The summed E-state index contributed by atoms with van der Waals surface area (Å²) in [7, 11) is 1.70. The van der Waals surface area contributed by atoms with Crippen molar-refractivity contribution in [2.75, 3.05) is 12.4 Å². The highest BCUT2D eigenvalue weighted by molar-refractivity contribution is 6.33. The summed E-state index contributed by atoms with van der Waals surface area (Å²) < 4.78 is 5.31. The second kappa shape index (κ2) is 5.14. The first-order chi connectivity index (χ1) is 9.28. The smallest absolute Gasteiger partial charge is 0.119 e. The summed E-state index contributed by atoms with van der Waals surface area (Å²) in [4.78, 5) is 0. The number of aryl methyl sites for hydroxylation is 1. The highest BCUT2D eigenvalue weighted by Crippen LogP contribution is 2.37. The first kappa shape index (κ1) is 12.4. The molecule has 1 atom stereocenters. The monoisotopic (exact) mass is 273 g/mol. The molecule has 0 heterocycles. The molecule has 0 aliphatic heterocycles. The largest absolute Gasteiger partial charge is 0.497 e. The van der Waals surface area contributed by atoms with Crippen molar-refractivity contribution in [3.05, 3.63) is 58.6 Å². The Morgan fingerprint density at radius 3 is 2.84 bits per heavy atom. The summed E-state index contributed by atoms with van der Waals surface area (Å²) in [6, 6.07) is 14.5. The van der Waals surface area contributed by atoms with Crippen LogP contribution in [0.15, 0.2) is 42.5 Å². The molecule has 0 fully saturated rings. The van der Waals surface area contributed by atoms with Gasteiger partial charge < -0.3 is 10.1 Å². The Morgan fingerprint density at radius 1 is 1.21 bits per heavy atom. The Balaban J connectivity index is 1.88. The molecule has 0 saturated carbocycles. The van der Waals surface area contributed by atoms with E-state index >= 15 is 0 Å². The molecule has 3 rings (SSSR count). The third kappa shape index (κ3) is 2.41. The van der Waals surface area contributed by atoms with Gasteiger partial charge in [0.1, 0.15) is 5.75 Å². The van der Waals surface area contributed by atoms with Crippen LogP contribution in [0.25, 0.3) is 0 Å². The van der Waals surface area contributed by atoms with Crippen molar-refractivity contribution in [2.45, 2.75) is 18.9 Å². The Morgan fingerprint density at radius 2 is 2.05 bits per heavy atom. The lowest BCUT2D eigenvalue weighted by atomic mass is 10.1. The van der Waals surface area contributed by atoms with Crippen molar-refractivity contribution < 1.29 is 4.74 Å². The lowest BCUT2D eigenvalue weighted by Crippen LogP contribution is -2.07. The predicted molar refractivity (Wildman–Crippen MR) is 79.1 cm³/mol. The molecule has 2 aromatic rings. The molecule has 98 valence electrons. The van der Waals surface area contributed by atoms with Crippen molar-refractivity contribution in [2.24, 2.45) is 0 Å². The fourth-order valence-corrected chi connectivity index (χ4v) is 2.81. The van der Waals surface area contributed by atoms with E-state index in [0.717, 1.165) is 29.3 Å². The third-order valence-corrected chi connectivity index (χ3v) is 3.96. The zero-order valence-electron chi connectivity index (χ0n) is 10.8. The molecule has 1 N–H and O–H groups in total. The van der Waals surface area contributed by atoms with Gasteiger partial charge in [0, 0.05) is 0 Å². The summed E-state index contributed by atoms with van der Waals surface area (Å²) in [6.07, 6.45) is 2.19. The van der Waals surface area contributed by atoms with E-state index in [2.05, 4.69) is 17.4 Å². The molecule has 0 spiro atoms. The topological polar surface area (TPSA) is 21.3 Å². The Kier molecular flexibility index (Phi) is 3.34. The van der Waals surface area contributed by atoms with Gasteiger partial charge in [-0.25, -0.2) is 0 Å².